The molecule has 0 atom stereocenters. The van der Waals surface area contributed by atoms with E-state index in [1.54, 1.807) is 17.7 Å². The van der Waals surface area contributed by atoms with E-state index >= 15 is 0 Å². The summed E-state index contributed by atoms with van der Waals surface area (Å²) in [5.41, 5.74) is 0. The Kier molecular flexibility index (Phi) is 3.19. The maximum Gasteiger partial charge on any atom is 0.169 e. The van der Waals surface area contributed by atoms with Crippen molar-refractivity contribution in [2.75, 3.05) is 11.9 Å². The number of hydrogen-bond donors (Lipinski definition) is 1. The predicted molar refractivity (Wildman–Crippen MR) is 78.3 cm³/mol. The first-order valence-corrected chi connectivity index (χ1v) is 7.29. The van der Waals surface area contributed by atoms with Crippen LogP contribution in [0.1, 0.15) is 11.6 Å². The van der Waals surface area contributed by atoms with Crippen molar-refractivity contribution >= 4 is 43.3 Å². The third-order valence-corrected chi connectivity index (χ3v) is 4.50. The van der Waals surface area contributed by atoms with Crippen LogP contribution in [0.2, 0.25) is 0 Å². The number of thiophene rings is 1. The molecule has 1 N–H and O–H groups in total. The smallest absolute Gasteiger partial charge is 0.169 e. The normalized spacial score (nSPS) is 11.1. The largest absolute Gasteiger partial charge is 0.351 e. The highest BCUT2D eigenvalue weighted by Crippen LogP contribution is 2.34. The summed E-state index contributed by atoms with van der Waals surface area (Å²) in [6, 6.07) is 0. The number of aryl methyl sites for hydroxylation is 1. The monoisotopic (exact) mass is 338 g/mol. The van der Waals surface area contributed by atoms with E-state index in [0.29, 0.717) is 6.54 Å². The van der Waals surface area contributed by atoms with E-state index in [1.165, 1.54) is 0 Å². The summed E-state index contributed by atoms with van der Waals surface area (Å²) >= 11 is 5.14. The minimum Gasteiger partial charge on any atom is -0.351 e. The van der Waals surface area contributed by atoms with Crippen molar-refractivity contribution < 1.29 is 0 Å². The van der Waals surface area contributed by atoms with Crippen LogP contribution in [0.4, 0.5) is 5.82 Å². The second-order valence-corrected chi connectivity index (χ2v) is 5.87. The number of aromatic amines is 1. The highest BCUT2D eigenvalue weighted by atomic mass is 79.9. The fourth-order valence-corrected chi connectivity index (χ4v) is 3.40. The van der Waals surface area contributed by atoms with E-state index in [2.05, 4.69) is 41.1 Å². The fraction of sp³-hybridized carbons (Fsp3) is 0.273. The molecule has 6 nitrogen and oxygen atoms in total. The Morgan fingerprint density at radius 2 is 2.26 bits per heavy atom. The summed E-state index contributed by atoms with van der Waals surface area (Å²) in [6.07, 6.45) is 1.58. The van der Waals surface area contributed by atoms with E-state index in [4.69, 9.17) is 0 Å². The fourth-order valence-electron chi connectivity index (χ4n) is 1.86. The minimum absolute atomic E-state index is 0.596. The molecular weight excluding hydrogens is 328 g/mol. The van der Waals surface area contributed by atoms with Crippen molar-refractivity contribution in [2.45, 2.75) is 13.5 Å². The molecule has 98 valence electrons. The van der Waals surface area contributed by atoms with Crippen LogP contribution in [0, 0.1) is 6.92 Å². The van der Waals surface area contributed by atoms with Gasteiger partial charge in [0, 0.05) is 16.9 Å². The number of rotatable bonds is 3. The molecule has 3 rings (SSSR count). The summed E-state index contributed by atoms with van der Waals surface area (Å²) in [5, 5.41) is 10.0. The molecule has 0 bridgehead atoms. The summed E-state index contributed by atoms with van der Waals surface area (Å²) in [4.78, 5) is 15.9. The van der Waals surface area contributed by atoms with Crippen LogP contribution < -0.4 is 4.90 Å². The van der Waals surface area contributed by atoms with Crippen molar-refractivity contribution in [1.82, 2.24) is 25.1 Å². The first-order valence-electron chi connectivity index (χ1n) is 5.62. The number of aromatic nitrogens is 5. The molecule has 0 unspecified atom stereocenters. The van der Waals surface area contributed by atoms with Gasteiger partial charge < -0.3 is 4.90 Å². The van der Waals surface area contributed by atoms with Gasteiger partial charge >= 0.3 is 0 Å². The van der Waals surface area contributed by atoms with E-state index in [0.717, 1.165) is 32.2 Å². The lowest BCUT2D eigenvalue weighted by Gasteiger charge is -2.16. The maximum absolute atomic E-state index is 4.37. The molecule has 0 aromatic carbocycles. The number of anilines is 1. The van der Waals surface area contributed by atoms with Gasteiger partial charge in [-0.2, -0.15) is 5.10 Å². The van der Waals surface area contributed by atoms with Gasteiger partial charge in [-0.05, 0) is 22.9 Å². The third kappa shape index (κ3) is 2.33. The Hall–Kier alpha value is -1.54. The highest BCUT2D eigenvalue weighted by molar-refractivity contribution is 9.10. The zero-order valence-corrected chi connectivity index (χ0v) is 12.8. The van der Waals surface area contributed by atoms with Gasteiger partial charge in [-0.3, -0.25) is 5.10 Å². The van der Waals surface area contributed by atoms with Crippen molar-refractivity contribution in [3.05, 3.63) is 27.8 Å². The van der Waals surface area contributed by atoms with Gasteiger partial charge in [0.15, 0.2) is 5.82 Å². The Balaban J connectivity index is 1.97. The van der Waals surface area contributed by atoms with Gasteiger partial charge in [0.05, 0.1) is 11.9 Å². The van der Waals surface area contributed by atoms with Crippen LogP contribution in [0.25, 0.3) is 10.2 Å². The number of H-pyrrole nitrogens is 1. The lowest BCUT2D eigenvalue weighted by Crippen LogP contribution is -2.19. The quantitative estimate of drug-likeness (QED) is 0.794. The highest BCUT2D eigenvalue weighted by Gasteiger charge is 2.14. The molecule has 0 aliphatic heterocycles. The van der Waals surface area contributed by atoms with Crippen LogP contribution >= 0.6 is 27.3 Å². The van der Waals surface area contributed by atoms with Crippen molar-refractivity contribution in [3.63, 3.8) is 0 Å². The maximum atomic E-state index is 4.37. The first-order chi connectivity index (χ1) is 9.15. The second kappa shape index (κ2) is 4.86. The molecule has 0 amide bonds. The number of fused-ring (bicyclic) bond motifs is 1. The molecule has 0 radical (unpaired) electrons. The van der Waals surface area contributed by atoms with Crippen LogP contribution in [0.3, 0.4) is 0 Å². The lowest BCUT2D eigenvalue weighted by atomic mass is 10.3. The molecule has 0 spiro atoms. The molecule has 19 heavy (non-hydrogen) atoms. The number of nitrogens with one attached hydrogen (secondary N) is 1. The Labute approximate surface area is 122 Å². The molecular formula is C11H11BrN6S. The lowest BCUT2D eigenvalue weighted by molar-refractivity contribution is 0.832. The molecule has 8 heteroatoms. The van der Waals surface area contributed by atoms with Crippen molar-refractivity contribution in [1.29, 1.82) is 0 Å². The van der Waals surface area contributed by atoms with Crippen LogP contribution in [-0.2, 0) is 6.54 Å². The van der Waals surface area contributed by atoms with Crippen LogP contribution in [0.15, 0.2) is 16.2 Å². The average molecular weight is 339 g/mol. The van der Waals surface area contributed by atoms with Gasteiger partial charge in [-0.15, -0.1) is 11.3 Å². The molecule has 0 aliphatic rings. The number of halogens is 1. The number of hydrogen-bond acceptors (Lipinski definition) is 6. The molecule has 0 saturated carbocycles. The third-order valence-electron chi connectivity index (χ3n) is 2.69. The Morgan fingerprint density at radius 3 is 3.00 bits per heavy atom. The minimum atomic E-state index is 0.596. The van der Waals surface area contributed by atoms with Gasteiger partial charge in [0.1, 0.15) is 22.8 Å². The van der Waals surface area contributed by atoms with Gasteiger partial charge in [0.25, 0.3) is 0 Å². The van der Waals surface area contributed by atoms with E-state index in [1.807, 2.05) is 24.3 Å². The van der Waals surface area contributed by atoms with Crippen LogP contribution in [0.5, 0.6) is 0 Å². The van der Waals surface area contributed by atoms with E-state index < -0.39 is 0 Å². The molecule has 0 fully saturated rings. The van der Waals surface area contributed by atoms with Crippen LogP contribution in [-0.4, -0.2) is 32.2 Å². The summed E-state index contributed by atoms with van der Waals surface area (Å²) in [5.74, 6) is 2.44. The molecule has 3 aromatic rings. The zero-order chi connectivity index (χ0) is 13.4. The second-order valence-electron chi connectivity index (χ2n) is 4.15. The zero-order valence-electron chi connectivity index (χ0n) is 10.4. The first kappa shape index (κ1) is 12.5. The van der Waals surface area contributed by atoms with E-state index in [-0.39, 0.29) is 0 Å². The van der Waals surface area contributed by atoms with Gasteiger partial charge in [-0.1, -0.05) is 0 Å². The predicted octanol–water partition coefficient (Wildman–Crippen LogP) is 2.52. The van der Waals surface area contributed by atoms with Crippen molar-refractivity contribution in [3.8, 4) is 0 Å². The summed E-state index contributed by atoms with van der Waals surface area (Å²) in [7, 11) is 1.97. The summed E-state index contributed by atoms with van der Waals surface area (Å²) in [6.45, 7) is 2.48. The number of nitrogens with zero attached hydrogens (tertiary/aromatic N) is 5. The van der Waals surface area contributed by atoms with Gasteiger partial charge in [-0.25, -0.2) is 15.0 Å². The summed E-state index contributed by atoms with van der Waals surface area (Å²) < 4.78 is 1.01. The van der Waals surface area contributed by atoms with E-state index in [9.17, 15) is 0 Å². The SMILES string of the molecule is Cc1nc(CN(C)c2ncnc3scc(Br)c23)n[nH]1. The molecule has 0 saturated heterocycles. The Morgan fingerprint density at radius 1 is 1.42 bits per heavy atom. The van der Waals surface area contributed by atoms with Gasteiger partial charge in [0.2, 0.25) is 0 Å². The molecule has 0 aliphatic carbocycles. The molecule has 3 aromatic heterocycles. The Bertz CT molecular complexity index is 721. The average Bonchev–Trinajstić information content (AvgIpc) is 2.96. The topological polar surface area (TPSA) is 70.6 Å². The standard InChI is InChI=1S/C11H11BrN6S/c1-6-15-8(17-16-6)3-18(2)10-9-7(12)4-19-11(9)14-5-13-10/h4-5H,3H2,1-2H3,(H,15,16,17). The molecule has 3 heterocycles. The van der Waals surface area contributed by atoms with Crippen molar-refractivity contribution in [2.24, 2.45) is 0 Å².